The Balaban J connectivity index is 2.24. The molecule has 0 aliphatic rings. The molecule has 2 nitrogen and oxygen atoms in total. The Kier molecular flexibility index (Phi) is 3.32. The molecule has 0 atom stereocenters. The highest BCUT2D eigenvalue weighted by molar-refractivity contribution is 7.11. The van der Waals surface area contributed by atoms with Gasteiger partial charge in [-0.15, -0.1) is 11.3 Å². The maximum absolute atomic E-state index is 9.39. The minimum atomic E-state index is 0.650. The van der Waals surface area contributed by atoms with E-state index in [1.54, 1.807) is 11.3 Å². The van der Waals surface area contributed by atoms with Crippen molar-refractivity contribution >= 4 is 34.0 Å². The maximum atomic E-state index is 9.39. The number of aryl methyl sites for hydroxylation is 1. The highest BCUT2D eigenvalue weighted by atomic mass is 32.1. The maximum Gasteiger partial charge on any atom is 0.102 e. The third-order valence-electron chi connectivity index (χ3n) is 3.19. The number of rotatable bonds is 2. The summed E-state index contributed by atoms with van der Waals surface area (Å²) in [5, 5.41) is 13.5. The van der Waals surface area contributed by atoms with Crippen molar-refractivity contribution in [3.63, 3.8) is 0 Å². The zero-order chi connectivity index (χ0) is 13.9. The van der Waals surface area contributed by atoms with E-state index in [4.69, 9.17) is 0 Å². The standard InChI is InChI=1S/C17H12N2S/c1-12-9-13-5-2-3-7-15(13)17(16(12)10-18)19-11-14-6-4-8-20-14/h2-9,11H,1H3. The average Bonchev–Trinajstić information content (AvgIpc) is 2.97. The van der Waals surface area contributed by atoms with Gasteiger partial charge in [0.1, 0.15) is 6.07 Å². The third-order valence-corrected chi connectivity index (χ3v) is 4.00. The Hall–Kier alpha value is -2.44. The summed E-state index contributed by atoms with van der Waals surface area (Å²) >= 11 is 1.63. The lowest BCUT2D eigenvalue weighted by molar-refractivity contribution is 1.39. The quantitative estimate of drug-likeness (QED) is 0.617. The van der Waals surface area contributed by atoms with Gasteiger partial charge in [0.15, 0.2) is 0 Å². The molecule has 1 aromatic heterocycles. The summed E-state index contributed by atoms with van der Waals surface area (Å²) < 4.78 is 0. The normalized spacial score (nSPS) is 11.0. The molecule has 0 radical (unpaired) electrons. The van der Waals surface area contributed by atoms with Gasteiger partial charge in [-0.05, 0) is 35.4 Å². The number of hydrogen-bond donors (Lipinski definition) is 0. The van der Waals surface area contributed by atoms with E-state index in [0.717, 1.165) is 26.9 Å². The summed E-state index contributed by atoms with van der Waals surface area (Å²) in [7, 11) is 0. The van der Waals surface area contributed by atoms with Crippen LogP contribution in [-0.4, -0.2) is 6.21 Å². The molecule has 0 saturated carbocycles. The molecule has 0 aliphatic heterocycles. The summed E-state index contributed by atoms with van der Waals surface area (Å²) in [5.41, 5.74) is 2.37. The number of aliphatic imine (C=N–C) groups is 1. The van der Waals surface area contributed by atoms with Crippen molar-refractivity contribution in [1.82, 2.24) is 0 Å². The first-order chi connectivity index (χ1) is 9.79. The van der Waals surface area contributed by atoms with Crippen molar-refractivity contribution in [3.05, 3.63) is 63.8 Å². The summed E-state index contributed by atoms with van der Waals surface area (Å²) in [4.78, 5) is 5.65. The van der Waals surface area contributed by atoms with E-state index >= 15 is 0 Å². The van der Waals surface area contributed by atoms with Gasteiger partial charge in [0.2, 0.25) is 0 Å². The number of nitrogens with zero attached hydrogens (tertiary/aromatic N) is 2. The zero-order valence-electron chi connectivity index (χ0n) is 11.0. The van der Waals surface area contributed by atoms with Gasteiger partial charge in [0.05, 0.1) is 11.3 Å². The fourth-order valence-corrected chi connectivity index (χ4v) is 2.82. The number of fused-ring (bicyclic) bond motifs is 1. The average molecular weight is 276 g/mol. The molecular weight excluding hydrogens is 264 g/mol. The number of benzene rings is 2. The van der Waals surface area contributed by atoms with Crippen LogP contribution in [0.25, 0.3) is 10.8 Å². The summed E-state index contributed by atoms with van der Waals surface area (Å²) in [6.45, 7) is 1.95. The number of hydrogen-bond acceptors (Lipinski definition) is 3. The lowest BCUT2D eigenvalue weighted by atomic mass is 10.00. The van der Waals surface area contributed by atoms with Crippen LogP contribution in [0.3, 0.4) is 0 Å². The van der Waals surface area contributed by atoms with E-state index in [2.05, 4.69) is 11.1 Å². The van der Waals surface area contributed by atoms with Gasteiger partial charge in [-0.2, -0.15) is 5.26 Å². The van der Waals surface area contributed by atoms with Crippen LogP contribution in [0.15, 0.2) is 52.8 Å². The van der Waals surface area contributed by atoms with E-state index in [1.165, 1.54) is 0 Å². The topological polar surface area (TPSA) is 36.1 Å². The molecule has 0 spiro atoms. The molecule has 0 saturated heterocycles. The monoisotopic (exact) mass is 276 g/mol. The molecule has 1 heterocycles. The fourth-order valence-electron chi connectivity index (χ4n) is 2.23. The second-order valence-corrected chi connectivity index (χ2v) is 5.50. The predicted octanol–water partition coefficient (Wildman–Crippen LogP) is 4.83. The van der Waals surface area contributed by atoms with Crippen LogP contribution >= 0.6 is 11.3 Å². The van der Waals surface area contributed by atoms with E-state index in [9.17, 15) is 5.26 Å². The molecule has 0 aliphatic carbocycles. The van der Waals surface area contributed by atoms with Gasteiger partial charge in [0, 0.05) is 16.5 Å². The first kappa shape index (κ1) is 12.6. The molecular formula is C17H12N2S. The van der Waals surface area contributed by atoms with Crippen LogP contribution in [-0.2, 0) is 0 Å². The van der Waals surface area contributed by atoms with Crippen molar-refractivity contribution in [3.8, 4) is 6.07 Å². The van der Waals surface area contributed by atoms with Gasteiger partial charge in [-0.1, -0.05) is 30.3 Å². The number of thiophene rings is 1. The van der Waals surface area contributed by atoms with Crippen molar-refractivity contribution < 1.29 is 0 Å². The molecule has 96 valence electrons. The summed E-state index contributed by atoms with van der Waals surface area (Å²) in [5.74, 6) is 0. The molecule has 2 aromatic carbocycles. The van der Waals surface area contributed by atoms with Crippen molar-refractivity contribution in [2.24, 2.45) is 4.99 Å². The molecule has 0 N–H and O–H groups in total. The number of nitriles is 1. The minimum Gasteiger partial charge on any atom is -0.253 e. The third kappa shape index (κ3) is 2.22. The molecule has 3 rings (SSSR count). The van der Waals surface area contributed by atoms with Crippen molar-refractivity contribution in [2.75, 3.05) is 0 Å². The molecule has 0 unspecified atom stereocenters. The van der Waals surface area contributed by atoms with Gasteiger partial charge in [0.25, 0.3) is 0 Å². The van der Waals surface area contributed by atoms with Crippen LogP contribution in [0, 0.1) is 18.3 Å². The zero-order valence-corrected chi connectivity index (χ0v) is 11.8. The SMILES string of the molecule is Cc1cc2ccccc2c(N=Cc2cccs2)c1C#N. The Bertz CT molecular complexity index is 824. The molecule has 0 bridgehead atoms. The van der Waals surface area contributed by atoms with E-state index < -0.39 is 0 Å². The molecule has 20 heavy (non-hydrogen) atoms. The van der Waals surface area contributed by atoms with Crippen molar-refractivity contribution in [2.45, 2.75) is 6.92 Å². The van der Waals surface area contributed by atoms with E-state index in [1.807, 2.05) is 61.0 Å². The van der Waals surface area contributed by atoms with Crippen molar-refractivity contribution in [1.29, 1.82) is 5.26 Å². The smallest absolute Gasteiger partial charge is 0.102 e. The molecule has 0 fully saturated rings. The molecule has 0 amide bonds. The molecule has 3 aromatic rings. The van der Waals surface area contributed by atoms with Crippen LogP contribution in [0.5, 0.6) is 0 Å². The summed E-state index contributed by atoms with van der Waals surface area (Å²) in [6.07, 6.45) is 1.83. The lowest BCUT2D eigenvalue weighted by Crippen LogP contribution is -1.87. The van der Waals surface area contributed by atoms with Gasteiger partial charge < -0.3 is 0 Å². The highest BCUT2D eigenvalue weighted by Gasteiger charge is 2.09. The first-order valence-electron chi connectivity index (χ1n) is 6.29. The lowest BCUT2D eigenvalue weighted by Gasteiger charge is -2.07. The second kappa shape index (κ2) is 5.28. The second-order valence-electron chi connectivity index (χ2n) is 4.52. The van der Waals surface area contributed by atoms with E-state index in [-0.39, 0.29) is 0 Å². The summed E-state index contributed by atoms with van der Waals surface area (Å²) in [6, 6.07) is 16.4. The highest BCUT2D eigenvalue weighted by Crippen LogP contribution is 2.32. The first-order valence-corrected chi connectivity index (χ1v) is 7.17. The van der Waals surface area contributed by atoms with E-state index in [0.29, 0.717) is 5.56 Å². The van der Waals surface area contributed by atoms with Crippen LogP contribution in [0.2, 0.25) is 0 Å². The Morgan fingerprint density at radius 3 is 2.80 bits per heavy atom. The Morgan fingerprint density at radius 1 is 1.20 bits per heavy atom. The predicted molar refractivity (Wildman–Crippen MR) is 85.0 cm³/mol. The molecule has 3 heteroatoms. The van der Waals surface area contributed by atoms with Crippen LogP contribution in [0.1, 0.15) is 16.0 Å². The van der Waals surface area contributed by atoms with Crippen LogP contribution < -0.4 is 0 Å². The largest absolute Gasteiger partial charge is 0.253 e. The Morgan fingerprint density at radius 2 is 2.05 bits per heavy atom. The van der Waals surface area contributed by atoms with Gasteiger partial charge in [-0.25, -0.2) is 0 Å². The minimum absolute atomic E-state index is 0.650. The van der Waals surface area contributed by atoms with Gasteiger partial charge in [-0.3, -0.25) is 4.99 Å². The van der Waals surface area contributed by atoms with Crippen LogP contribution in [0.4, 0.5) is 5.69 Å². The fraction of sp³-hybridized carbons (Fsp3) is 0.0588. The Labute approximate surface area is 121 Å². The van der Waals surface area contributed by atoms with Gasteiger partial charge >= 0.3 is 0 Å².